The van der Waals surface area contributed by atoms with E-state index in [1.165, 1.54) is 6.33 Å². The molecule has 1 amide bonds. The smallest absolute Gasteiger partial charge is 0.251 e. The molecule has 0 bridgehead atoms. The normalized spacial score (nSPS) is 10.6. The zero-order chi connectivity index (χ0) is 18.5. The molecule has 0 atom stereocenters. The van der Waals surface area contributed by atoms with Gasteiger partial charge >= 0.3 is 0 Å². The third kappa shape index (κ3) is 4.37. The molecule has 134 valence electrons. The van der Waals surface area contributed by atoms with Crippen LogP contribution in [0.4, 0.5) is 5.82 Å². The average molecular weight is 371 g/mol. The molecular formula is C18H19ClN6O. The van der Waals surface area contributed by atoms with Gasteiger partial charge in [0.15, 0.2) is 5.82 Å². The van der Waals surface area contributed by atoms with E-state index in [-0.39, 0.29) is 5.91 Å². The van der Waals surface area contributed by atoms with Crippen molar-refractivity contribution in [1.29, 1.82) is 0 Å². The number of amides is 1. The largest absolute Gasteiger partial charge is 0.368 e. The first kappa shape index (κ1) is 17.9. The number of carbonyl (C=O) groups excluding carboxylic acids is 1. The predicted molar refractivity (Wildman–Crippen MR) is 101 cm³/mol. The third-order valence-corrected chi connectivity index (χ3v) is 3.95. The summed E-state index contributed by atoms with van der Waals surface area (Å²) in [7, 11) is 0. The van der Waals surface area contributed by atoms with Crippen LogP contribution in [0, 0.1) is 13.8 Å². The van der Waals surface area contributed by atoms with Crippen LogP contribution in [-0.4, -0.2) is 38.7 Å². The molecule has 0 unspecified atom stereocenters. The van der Waals surface area contributed by atoms with Crippen LogP contribution in [0.25, 0.3) is 5.82 Å². The summed E-state index contributed by atoms with van der Waals surface area (Å²) in [5.74, 6) is 1.22. The van der Waals surface area contributed by atoms with Crippen molar-refractivity contribution in [3.05, 3.63) is 64.7 Å². The van der Waals surface area contributed by atoms with E-state index in [4.69, 9.17) is 11.6 Å². The number of benzene rings is 1. The van der Waals surface area contributed by atoms with Gasteiger partial charge in [0.05, 0.1) is 5.69 Å². The summed E-state index contributed by atoms with van der Waals surface area (Å²) < 4.78 is 1.77. The Kier molecular flexibility index (Phi) is 5.48. The lowest BCUT2D eigenvalue weighted by molar-refractivity contribution is 0.0955. The Bertz CT molecular complexity index is 906. The highest BCUT2D eigenvalue weighted by atomic mass is 35.5. The Morgan fingerprint density at radius 2 is 1.88 bits per heavy atom. The fourth-order valence-electron chi connectivity index (χ4n) is 2.49. The van der Waals surface area contributed by atoms with Crippen LogP contribution < -0.4 is 10.6 Å². The van der Waals surface area contributed by atoms with Gasteiger partial charge in [0.1, 0.15) is 12.1 Å². The Hall–Kier alpha value is -2.93. The van der Waals surface area contributed by atoms with Gasteiger partial charge < -0.3 is 10.6 Å². The summed E-state index contributed by atoms with van der Waals surface area (Å²) in [6.07, 6.45) is 1.49. The van der Waals surface area contributed by atoms with Crippen LogP contribution in [0.3, 0.4) is 0 Å². The maximum Gasteiger partial charge on any atom is 0.251 e. The van der Waals surface area contributed by atoms with Crippen LogP contribution in [0.5, 0.6) is 0 Å². The van der Waals surface area contributed by atoms with E-state index in [1.807, 2.05) is 26.0 Å². The van der Waals surface area contributed by atoms with Crippen molar-refractivity contribution in [2.24, 2.45) is 0 Å². The number of rotatable bonds is 6. The van der Waals surface area contributed by atoms with E-state index >= 15 is 0 Å². The number of halogens is 1. The van der Waals surface area contributed by atoms with E-state index in [0.29, 0.717) is 35.3 Å². The van der Waals surface area contributed by atoms with Crippen molar-refractivity contribution in [2.75, 3.05) is 18.4 Å². The molecule has 0 saturated heterocycles. The minimum Gasteiger partial charge on any atom is -0.368 e. The lowest BCUT2D eigenvalue weighted by Crippen LogP contribution is -2.28. The van der Waals surface area contributed by atoms with Gasteiger partial charge in [-0.2, -0.15) is 5.10 Å². The van der Waals surface area contributed by atoms with Gasteiger partial charge in [-0.25, -0.2) is 14.6 Å². The summed E-state index contributed by atoms with van der Waals surface area (Å²) in [6, 6.07) is 10.6. The average Bonchev–Trinajstić information content (AvgIpc) is 2.98. The second-order valence-corrected chi connectivity index (χ2v) is 6.23. The monoisotopic (exact) mass is 370 g/mol. The molecule has 0 aliphatic heterocycles. The van der Waals surface area contributed by atoms with Crippen molar-refractivity contribution in [1.82, 2.24) is 25.1 Å². The number of hydrogen-bond donors (Lipinski definition) is 2. The second-order valence-electron chi connectivity index (χ2n) is 5.79. The molecule has 26 heavy (non-hydrogen) atoms. The van der Waals surface area contributed by atoms with Crippen molar-refractivity contribution < 1.29 is 4.79 Å². The standard InChI is InChI=1S/C18H19ClN6O/c1-12-9-13(2)25(24-12)17-10-16(22-11-23-17)20-7-8-21-18(26)14-3-5-15(19)6-4-14/h3-6,9-11H,7-8H2,1-2H3,(H,21,26)(H,20,22,23). The quantitative estimate of drug-likeness (QED) is 0.652. The number of aryl methyl sites for hydroxylation is 2. The van der Waals surface area contributed by atoms with Crippen LogP contribution >= 0.6 is 11.6 Å². The van der Waals surface area contributed by atoms with Crippen molar-refractivity contribution in [2.45, 2.75) is 13.8 Å². The molecule has 0 fully saturated rings. The van der Waals surface area contributed by atoms with Crippen LogP contribution in [-0.2, 0) is 0 Å². The molecule has 0 spiro atoms. The Morgan fingerprint density at radius 1 is 1.12 bits per heavy atom. The van der Waals surface area contributed by atoms with Gasteiger partial charge in [0.2, 0.25) is 0 Å². The highest BCUT2D eigenvalue weighted by molar-refractivity contribution is 6.30. The number of nitrogens with one attached hydrogen (secondary N) is 2. The number of anilines is 1. The van der Waals surface area contributed by atoms with Crippen LogP contribution in [0.2, 0.25) is 5.02 Å². The van der Waals surface area contributed by atoms with E-state index in [1.54, 1.807) is 28.9 Å². The molecule has 0 saturated carbocycles. The van der Waals surface area contributed by atoms with Crippen molar-refractivity contribution in [3.8, 4) is 5.82 Å². The van der Waals surface area contributed by atoms with Crippen LogP contribution in [0.15, 0.2) is 42.7 Å². The second kappa shape index (κ2) is 7.97. The zero-order valence-electron chi connectivity index (χ0n) is 14.5. The molecule has 0 radical (unpaired) electrons. The molecular weight excluding hydrogens is 352 g/mol. The molecule has 0 aliphatic rings. The van der Waals surface area contributed by atoms with Crippen LogP contribution in [0.1, 0.15) is 21.7 Å². The molecule has 0 aliphatic carbocycles. The molecule has 3 rings (SSSR count). The molecule has 2 heterocycles. The first-order valence-corrected chi connectivity index (χ1v) is 8.54. The third-order valence-electron chi connectivity index (χ3n) is 3.70. The van der Waals surface area contributed by atoms with E-state index in [9.17, 15) is 4.79 Å². The van der Waals surface area contributed by atoms with Gasteiger partial charge in [-0.1, -0.05) is 11.6 Å². The molecule has 2 N–H and O–H groups in total. The topological polar surface area (TPSA) is 84.7 Å². The first-order valence-electron chi connectivity index (χ1n) is 8.16. The van der Waals surface area contributed by atoms with Gasteiger partial charge in [-0.05, 0) is 44.2 Å². The molecule has 8 heteroatoms. The van der Waals surface area contributed by atoms with Gasteiger partial charge in [0.25, 0.3) is 5.91 Å². The summed E-state index contributed by atoms with van der Waals surface area (Å²) in [6.45, 7) is 4.91. The van der Waals surface area contributed by atoms with Gasteiger partial charge in [0, 0.05) is 35.4 Å². The number of hydrogen-bond acceptors (Lipinski definition) is 5. The maximum absolute atomic E-state index is 12.0. The van der Waals surface area contributed by atoms with Gasteiger partial charge in [-0.15, -0.1) is 0 Å². The lowest BCUT2D eigenvalue weighted by atomic mass is 10.2. The fraction of sp³-hybridized carbons (Fsp3) is 0.222. The summed E-state index contributed by atoms with van der Waals surface area (Å²) in [4.78, 5) is 20.5. The SMILES string of the molecule is Cc1cc(C)n(-c2cc(NCCNC(=O)c3ccc(Cl)cc3)ncn2)n1. The van der Waals surface area contributed by atoms with E-state index < -0.39 is 0 Å². The Morgan fingerprint density at radius 3 is 2.58 bits per heavy atom. The summed E-state index contributed by atoms with van der Waals surface area (Å²) in [5, 5.41) is 11.0. The van der Waals surface area contributed by atoms with E-state index in [2.05, 4.69) is 25.7 Å². The highest BCUT2D eigenvalue weighted by Crippen LogP contribution is 2.12. The summed E-state index contributed by atoms with van der Waals surface area (Å²) in [5.41, 5.74) is 2.51. The minimum absolute atomic E-state index is 0.144. The predicted octanol–water partition coefficient (Wildman–Crippen LogP) is 2.77. The van der Waals surface area contributed by atoms with Crippen molar-refractivity contribution >= 4 is 23.3 Å². The number of carbonyl (C=O) groups is 1. The number of aromatic nitrogens is 4. The van der Waals surface area contributed by atoms with Crippen molar-refractivity contribution in [3.63, 3.8) is 0 Å². The Labute approximate surface area is 156 Å². The minimum atomic E-state index is -0.144. The van der Waals surface area contributed by atoms with Gasteiger partial charge in [-0.3, -0.25) is 4.79 Å². The Balaban J connectivity index is 1.54. The molecule has 7 nitrogen and oxygen atoms in total. The molecule has 1 aromatic carbocycles. The summed E-state index contributed by atoms with van der Waals surface area (Å²) >= 11 is 5.82. The lowest BCUT2D eigenvalue weighted by Gasteiger charge is -2.09. The first-order chi connectivity index (χ1) is 12.5. The zero-order valence-corrected chi connectivity index (χ0v) is 15.3. The molecule has 3 aromatic rings. The number of nitrogens with zero attached hydrogens (tertiary/aromatic N) is 4. The maximum atomic E-state index is 12.0. The molecule has 2 aromatic heterocycles. The highest BCUT2D eigenvalue weighted by Gasteiger charge is 2.07. The fourth-order valence-corrected chi connectivity index (χ4v) is 2.62. The van der Waals surface area contributed by atoms with E-state index in [0.717, 1.165) is 11.4 Å².